The van der Waals surface area contributed by atoms with Crippen molar-refractivity contribution >= 4 is 28.3 Å². The van der Waals surface area contributed by atoms with E-state index in [1.807, 2.05) is 40.6 Å². The number of carbonyl (C=O) groups excluding carboxylic acids is 2. The quantitative estimate of drug-likeness (QED) is 0.0596. The number of hydrogen-bond acceptors (Lipinski definition) is 12. The van der Waals surface area contributed by atoms with Gasteiger partial charge >= 0.3 is 0 Å². The fourth-order valence-electron chi connectivity index (χ4n) is 26.7. The van der Waals surface area contributed by atoms with Gasteiger partial charge in [-0.15, -0.1) is 0 Å². The zero-order valence-electron chi connectivity index (χ0n) is 49.1. The lowest BCUT2D eigenvalue weighted by Gasteiger charge is -2.78. The number of methoxy groups -OCH3 is 6. The van der Waals surface area contributed by atoms with Crippen molar-refractivity contribution in [1.82, 2.24) is 0 Å². The van der Waals surface area contributed by atoms with Crippen molar-refractivity contribution in [2.24, 2.45) is 91.7 Å². The van der Waals surface area contributed by atoms with Gasteiger partial charge in [0.15, 0.2) is 5.79 Å². The van der Waals surface area contributed by atoms with Crippen molar-refractivity contribution in [3.8, 4) is 33.8 Å². The van der Waals surface area contributed by atoms with Crippen LogP contribution in [0.15, 0.2) is 97.1 Å². The summed E-state index contributed by atoms with van der Waals surface area (Å²) in [6, 6.07) is 33.9. The molecule has 13 heteroatoms. The van der Waals surface area contributed by atoms with Gasteiger partial charge in [0.1, 0.15) is 22.3 Å². The Morgan fingerprint density at radius 1 is 0.500 bits per heavy atom. The molecule has 13 fully saturated rings. The number of ether oxygens (including phenoxy) is 10. The molecular weight excluding hydrogens is 1060 g/mol. The number of fused-ring (bicyclic) bond motifs is 33. The second-order valence-corrected chi connectivity index (χ2v) is 28.3. The van der Waals surface area contributed by atoms with Crippen LogP contribution in [0, 0.1) is 91.7 Å². The van der Waals surface area contributed by atoms with Gasteiger partial charge < -0.3 is 47.4 Å². The first-order chi connectivity index (χ1) is 41.2. The first kappa shape index (κ1) is 50.9. The van der Waals surface area contributed by atoms with Crippen molar-refractivity contribution in [3.63, 3.8) is 0 Å². The number of anilines is 1. The molecule has 0 radical (unpaired) electrons. The standard InChI is InChI=1S/C71H75NO12/c1-8-35-19-21-38(22-20-35)72-63(73)69-59-55-56(66(32-76-3)42-29-41(65(55,66)31-75-2)49-39-23-24-40(50(42)49)71(39)81-27-28-82-71)60(83-59)70(69,64(72)74)62-58-57(61(69)84-62)67(33-77-4)43-30-44(68(58,67)34-78-5)52-48(37-17-13-10-14-18-37)54-46(80-7)26-25-45(79-6)53(54)47(51(43)52)36-15-11-9-12-16-36/h9-22,25-26,39-44,49-50,55-62H,8,23-24,27-34H2,1-7H3/t39-,40+,41+,42-,43+,44-,49-,50+,55-,56+,57+,58-,59-,60+,61+,62-,65+,66-,67+,68-,69+,70-. The molecule has 7 saturated carbocycles. The summed E-state index contributed by atoms with van der Waals surface area (Å²) in [7, 11) is 11.0. The molecule has 0 aromatic heterocycles. The average molecular weight is 1130 g/mol. The van der Waals surface area contributed by atoms with Crippen LogP contribution in [-0.2, 0) is 53.9 Å². The molecule has 13 nitrogen and oxygen atoms in total. The maximum Gasteiger partial charge on any atom is 0.246 e. The van der Waals surface area contributed by atoms with Crippen LogP contribution in [0.4, 0.5) is 5.69 Å². The van der Waals surface area contributed by atoms with Crippen molar-refractivity contribution in [2.75, 3.05) is 87.2 Å². The van der Waals surface area contributed by atoms with Crippen molar-refractivity contribution in [1.29, 1.82) is 0 Å². The predicted octanol–water partition coefficient (Wildman–Crippen LogP) is 10.1. The van der Waals surface area contributed by atoms with Gasteiger partial charge in [0, 0.05) is 96.4 Å². The summed E-state index contributed by atoms with van der Waals surface area (Å²) in [6.45, 7) is 5.33. The molecule has 14 aliphatic rings. The van der Waals surface area contributed by atoms with E-state index in [1.165, 1.54) is 11.1 Å². The minimum absolute atomic E-state index is 0.0664. The van der Waals surface area contributed by atoms with Gasteiger partial charge in [-0.3, -0.25) is 9.59 Å². The number of benzene rings is 5. The van der Waals surface area contributed by atoms with Crippen LogP contribution < -0.4 is 14.4 Å². The second-order valence-electron chi connectivity index (χ2n) is 28.3. The number of carbonyl (C=O) groups is 2. The van der Waals surface area contributed by atoms with Gasteiger partial charge in [0.25, 0.3) is 0 Å². The van der Waals surface area contributed by atoms with Crippen molar-refractivity contribution < 1.29 is 57.0 Å². The zero-order chi connectivity index (χ0) is 56.6. The van der Waals surface area contributed by atoms with Crippen LogP contribution in [0.25, 0.3) is 33.0 Å². The SMILES string of the molecule is CCc1ccc(N2C(=O)[C@@]34[C@@H]5O[C@@H]([C@@H]6[C@H]5[C@@]5(COC)[C@@H]7C[C@@H](c8c7c(-c7ccccc7)c7c(OC)ccc(OC)c7c8-c7ccccc7)[C@@]65COC)[C@]3(C2=O)[C@@H]2O[C@H]4[C@@H]3[C@H]2[C@]2(COC)[C@H]4C[C@H]([C@H]5[C@@H]4[C@H]4CC[C@@H]5C45OCCO5)[C@]32COC)cc1. The number of rotatable bonds is 14. The van der Waals surface area contributed by atoms with Crippen molar-refractivity contribution in [3.05, 3.63) is 114 Å². The molecule has 19 rings (SSSR count). The fraction of sp³-hybridized carbons (Fsp3) is 0.577. The number of amides is 2. The van der Waals surface area contributed by atoms with E-state index in [0.717, 1.165) is 82.2 Å². The average Bonchev–Trinajstić information content (AvgIpc) is 1.40. The molecule has 84 heavy (non-hydrogen) atoms. The number of nitrogens with zero attached hydrogens (tertiary/aromatic N) is 1. The molecule has 5 aromatic rings. The van der Waals surface area contributed by atoms with Gasteiger partial charge in [-0.25, -0.2) is 4.90 Å². The lowest BCUT2D eigenvalue weighted by molar-refractivity contribution is -0.330. The van der Waals surface area contributed by atoms with Gasteiger partial charge in [0.2, 0.25) is 11.8 Å². The van der Waals surface area contributed by atoms with Gasteiger partial charge in [0.05, 0.1) is 84.0 Å². The predicted molar refractivity (Wildman–Crippen MR) is 309 cm³/mol. The lowest BCUT2D eigenvalue weighted by Crippen LogP contribution is -2.85. The Kier molecular flexibility index (Phi) is 9.99. The fourth-order valence-corrected chi connectivity index (χ4v) is 26.7. The van der Waals surface area contributed by atoms with E-state index in [4.69, 9.17) is 47.4 Å². The third-order valence-corrected chi connectivity index (χ3v) is 27.6. The van der Waals surface area contributed by atoms with E-state index >= 15 is 9.59 Å². The smallest absolute Gasteiger partial charge is 0.246 e. The Hall–Kier alpha value is -5.22. The van der Waals surface area contributed by atoms with E-state index in [2.05, 4.69) is 91.9 Å². The Labute approximate surface area is 490 Å². The highest BCUT2D eigenvalue weighted by Crippen LogP contribution is 2.98. The van der Waals surface area contributed by atoms with Crippen LogP contribution in [-0.4, -0.2) is 124 Å². The molecular formula is C71H75NO12. The van der Waals surface area contributed by atoms with Gasteiger partial charge in [-0.1, -0.05) is 79.7 Å². The zero-order valence-corrected chi connectivity index (χ0v) is 49.1. The molecule has 6 saturated heterocycles. The largest absolute Gasteiger partial charge is 0.496 e. The summed E-state index contributed by atoms with van der Waals surface area (Å²) in [6.07, 6.45) is 2.47. The molecule has 6 aliphatic heterocycles. The maximum absolute atomic E-state index is 17.3. The van der Waals surface area contributed by atoms with E-state index in [0.29, 0.717) is 69.0 Å². The second kappa shape index (κ2) is 16.5. The van der Waals surface area contributed by atoms with Crippen molar-refractivity contribution in [2.45, 2.75) is 81.1 Å². The van der Waals surface area contributed by atoms with E-state index in [1.54, 1.807) is 19.1 Å². The molecule has 22 atom stereocenters. The molecule has 1 spiro atoms. The first-order valence-corrected chi connectivity index (χ1v) is 31.5. The van der Waals surface area contributed by atoms with E-state index < -0.39 is 51.9 Å². The molecule has 436 valence electrons. The minimum atomic E-state index is -1.33. The Bertz CT molecular complexity index is 3480. The summed E-state index contributed by atoms with van der Waals surface area (Å²) in [5.74, 6) is 2.04. The monoisotopic (exact) mass is 1130 g/mol. The normalized spacial score (nSPS) is 45.4. The minimum Gasteiger partial charge on any atom is -0.496 e. The van der Waals surface area contributed by atoms with Crippen LogP contribution in [0.5, 0.6) is 11.5 Å². The van der Waals surface area contributed by atoms with Crippen LogP contribution in [0.3, 0.4) is 0 Å². The lowest BCUT2D eigenvalue weighted by atomic mass is 9.22. The summed E-state index contributed by atoms with van der Waals surface area (Å²) >= 11 is 0. The number of aryl methyl sites for hydroxylation is 1. The Morgan fingerprint density at radius 2 is 0.917 bits per heavy atom. The summed E-state index contributed by atoms with van der Waals surface area (Å²) < 4.78 is 69.7. The molecule has 0 unspecified atom stereocenters. The van der Waals surface area contributed by atoms with Gasteiger partial charge in [-0.05, 0) is 131 Å². The van der Waals surface area contributed by atoms with Crippen LogP contribution in [0.2, 0.25) is 0 Å². The Balaban J connectivity index is 0.866. The molecule has 8 aliphatic carbocycles. The van der Waals surface area contributed by atoms with Crippen LogP contribution in [0.1, 0.15) is 61.1 Å². The highest BCUT2D eigenvalue weighted by Gasteiger charge is 3.06. The molecule has 5 aromatic carbocycles. The first-order valence-electron chi connectivity index (χ1n) is 31.5. The summed E-state index contributed by atoms with van der Waals surface area (Å²) in [5, 5.41) is 2.02. The number of imide groups is 1. The summed E-state index contributed by atoms with van der Waals surface area (Å²) in [5.41, 5.74) is 4.23. The van der Waals surface area contributed by atoms with Gasteiger partial charge in [-0.2, -0.15) is 0 Å². The maximum atomic E-state index is 17.3. The third-order valence-electron chi connectivity index (χ3n) is 27.6. The topological polar surface area (TPSA) is 130 Å². The molecule has 10 bridgehead atoms. The van der Waals surface area contributed by atoms with Crippen LogP contribution >= 0.6 is 0 Å². The highest BCUT2D eigenvalue weighted by atomic mass is 16.7. The molecule has 2 amide bonds. The highest BCUT2D eigenvalue weighted by molar-refractivity contribution is 6.27. The number of hydrogen-bond donors (Lipinski definition) is 0. The van der Waals surface area contributed by atoms with E-state index in [-0.39, 0.29) is 70.0 Å². The third kappa shape index (κ3) is 4.75. The molecule has 6 heterocycles. The van der Waals surface area contributed by atoms with E-state index in [9.17, 15) is 0 Å². The molecule has 0 N–H and O–H groups in total. The Morgan fingerprint density at radius 3 is 1.32 bits per heavy atom. The summed E-state index contributed by atoms with van der Waals surface area (Å²) in [4.78, 5) is 36.2.